The largest absolute Gasteiger partial charge is 1.00 e. The van der Waals surface area contributed by atoms with Gasteiger partial charge in [-0.3, -0.25) is 0 Å². The molecule has 3 nitrogen and oxygen atoms in total. The van der Waals surface area contributed by atoms with Gasteiger partial charge in [0.2, 0.25) is 0 Å². The fourth-order valence-electron chi connectivity index (χ4n) is 2.31. The van der Waals surface area contributed by atoms with Crippen LogP contribution in [0.5, 0.6) is 0 Å². The van der Waals surface area contributed by atoms with Crippen molar-refractivity contribution < 1.29 is 42.5 Å². The average molecular weight is 300 g/mol. The van der Waals surface area contributed by atoms with E-state index >= 15 is 0 Å². The van der Waals surface area contributed by atoms with Crippen molar-refractivity contribution in [3.05, 3.63) is 41.0 Å². The minimum absolute atomic E-state index is 0. The molecule has 0 aromatic heterocycles. The SMILES string of the molecule is Cc1ccc2c(C)c(S(=O)(=O)[O-])cc(C(C)C)cc1-2.[Na+]. The first-order valence-corrected chi connectivity index (χ1v) is 7.62. The van der Waals surface area contributed by atoms with Gasteiger partial charge < -0.3 is 4.55 Å². The summed E-state index contributed by atoms with van der Waals surface area (Å²) < 4.78 is 34.4. The van der Waals surface area contributed by atoms with Gasteiger partial charge in [-0.25, -0.2) is 8.42 Å². The second-order valence-corrected chi connectivity index (χ2v) is 6.58. The van der Waals surface area contributed by atoms with Crippen molar-refractivity contribution in [1.29, 1.82) is 0 Å². The number of fused-ring (bicyclic) bond motifs is 1. The maximum atomic E-state index is 11.5. The zero-order valence-corrected chi connectivity index (χ0v) is 15.3. The zero-order chi connectivity index (χ0) is 14.4. The molecule has 0 saturated heterocycles. The zero-order valence-electron chi connectivity index (χ0n) is 12.5. The predicted molar refractivity (Wildman–Crippen MR) is 74.6 cm³/mol. The third-order valence-corrected chi connectivity index (χ3v) is 4.50. The van der Waals surface area contributed by atoms with Crippen LogP contribution in [-0.2, 0) is 10.1 Å². The third-order valence-electron chi connectivity index (χ3n) is 3.53. The molecule has 102 valence electrons. The standard InChI is InChI=1S/C15H18O3S.Na/c1-9(2)12-7-14-10(3)5-6-13(14)11(4)15(8-12)19(16,17)18;/h5-9H,1-4H3,(H,16,17,18);/q;+1/p-1. The molecule has 20 heavy (non-hydrogen) atoms. The van der Waals surface area contributed by atoms with Crippen LogP contribution in [0.25, 0.3) is 11.1 Å². The predicted octanol–water partition coefficient (Wildman–Crippen LogP) is 0.440. The Balaban J connectivity index is 0.00000200. The van der Waals surface area contributed by atoms with E-state index in [0.29, 0.717) is 5.56 Å². The normalized spacial score (nSPS) is 11.7. The van der Waals surface area contributed by atoms with Crippen LogP contribution in [0.2, 0.25) is 0 Å². The number of hydrogen-bond donors (Lipinski definition) is 0. The molecule has 0 N–H and O–H groups in total. The van der Waals surface area contributed by atoms with Crippen LogP contribution in [0.1, 0.15) is 36.5 Å². The van der Waals surface area contributed by atoms with Crippen LogP contribution in [0, 0.1) is 13.8 Å². The summed E-state index contributed by atoms with van der Waals surface area (Å²) in [6.45, 7) is 7.64. The van der Waals surface area contributed by atoms with E-state index in [1.54, 1.807) is 6.92 Å². The summed E-state index contributed by atoms with van der Waals surface area (Å²) in [5.74, 6) is 0.157. The molecule has 0 unspecified atom stereocenters. The molecule has 0 aromatic rings. The van der Waals surface area contributed by atoms with E-state index in [0.717, 1.165) is 22.3 Å². The Morgan fingerprint density at radius 1 is 1.05 bits per heavy atom. The van der Waals surface area contributed by atoms with Gasteiger partial charge in [0.1, 0.15) is 10.1 Å². The Kier molecular flexibility index (Phi) is 5.44. The topological polar surface area (TPSA) is 57.2 Å². The Hall–Kier alpha value is -0.390. The van der Waals surface area contributed by atoms with Gasteiger partial charge in [0.15, 0.2) is 0 Å². The molecule has 0 fully saturated rings. The van der Waals surface area contributed by atoms with Crippen molar-refractivity contribution in [3.63, 3.8) is 0 Å². The van der Waals surface area contributed by atoms with E-state index < -0.39 is 10.1 Å². The van der Waals surface area contributed by atoms with Gasteiger partial charge in [-0.15, -0.1) is 0 Å². The van der Waals surface area contributed by atoms with Gasteiger partial charge in [-0.05, 0) is 53.6 Å². The second kappa shape index (κ2) is 6.16. The van der Waals surface area contributed by atoms with E-state index in [2.05, 4.69) is 0 Å². The smallest absolute Gasteiger partial charge is 0.744 e. The molecule has 0 saturated carbocycles. The number of rotatable bonds is 2. The Morgan fingerprint density at radius 3 is 2.15 bits per heavy atom. The van der Waals surface area contributed by atoms with Gasteiger partial charge in [0, 0.05) is 0 Å². The molecule has 2 aliphatic carbocycles. The molecule has 0 amide bonds. The fraction of sp³-hybridized carbons (Fsp3) is 0.333. The average Bonchev–Trinajstić information content (AvgIpc) is 2.54. The van der Waals surface area contributed by atoms with Crippen molar-refractivity contribution in [2.75, 3.05) is 0 Å². The maximum absolute atomic E-state index is 11.5. The van der Waals surface area contributed by atoms with Crippen LogP contribution in [-0.4, -0.2) is 13.0 Å². The summed E-state index contributed by atoms with van der Waals surface area (Å²) in [5, 5.41) is 0. The Bertz CT molecular complexity index is 706. The summed E-state index contributed by atoms with van der Waals surface area (Å²) in [6.07, 6.45) is 0. The van der Waals surface area contributed by atoms with E-state index in [1.807, 2.05) is 39.0 Å². The molecule has 0 heterocycles. The molecule has 0 aliphatic heterocycles. The molecular weight excluding hydrogens is 283 g/mol. The van der Waals surface area contributed by atoms with Crippen molar-refractivity contribution >= 4 is 10.1 Å². The minimum atomic E-state index is -4.47. The Morgan fingerprint density at radius 2 is 1.65 bits per heavy atom. The summed E-state index contributed by atoms with van der Waals surface area (Å²) in [5.41, 5.74) is 4.33. The molecule has 0 atom stereocenters. The van der Waals surface area contributed by atoms with Crippen molar-refractivity contribution in [2.24, 2.45) is 0 Å². The van der Waals surface area contributed by atoms with Gasteiger partial charge in [-0.1, -0.05) is 32.0 Å². The molecule has 0 radical (unpaired) electrons. The van der Waals surface area contributed by atoms with Crippen LogP contribution in [0.4, 0.5) is 0 Å². The van der Waals surface area contributed by atoms with E-state index in [1.165, 1.54) is 6.07 Å². The molecule has 5 heteroatoms. The quantitative estimate of drug-likeness (QED) is 0.597. The monoisotopic (exact) mass is 300 g/mol. The third kappa shape index (κ3) is 3.26. The van der Waals surface area contributed by atoms with Gasteiger partial charge in [0.25, 0.3) is 0 Å². The molecule has 0 spiro atoms. The molecule has 2 aliphatic rings. The summed E-state index contributed by atoms with van der Waals surface area (Å²) in [6, 6.07) is 7.32. The second-order valence-electron chi connectivity index (χ2n) is 5.23. The number of aryl methyl sites for hydroxylation is 1. The molecule has 0 bridgehead atoms. The molecular formula is C15H17NaO3S. The van der Waals surface area contributed by atoms with Crippen molar-refractivity contribution in [3.8, 4) is 11.1 Å². The van der Waals surface area contributed by atoms with Crippen LogP contribution in [0.3, 0.4) is 0 Å². The van der Waals surface area contributed by atoms with Crippen LogP contribution < -0.4 is 29.6 Å². The van der Waals surface area contributed by atoms with Gasteiger partial charge >= 0.3 is 29.6 Å². The van der Waals surface area contributed by atoms with E-state index in [-0.39, 0.29) is 40.4 Å². The van der Waals surface area contributed by atoms with E-state index in [9.17, 15) is 13.0 Å². The van der Waals surface area contributed by atoms with Gasteiger partial charge in [-0.2, -0.15) is 0 Å². The first-order chi connectivity index (χ1) is 8.71. The van der Waals surface area contributed by atoms with E-state index in [4.69, 9.17) is 0 Å². The first kappa shape index (κ1) is 17.7. The minimum Gasteiger partial charge on any atom is -0.744 e. The summed E-state index contributed by atoms with van der Waals surface area (Å²) in [4.78, 5) is -0.114. The summed E-state index contributed by atoms with van der Waals surface area (Å²) >= 11 is 0. The van der Waals surface area contributed by atoms with Crippen molar-refractivity contribution in [1.82, 2.24) is 0 Å². The van der Waals surface area contributed by atoms with Crippen LogP contribution in [0.15, 0.2) is 29.2 Å². The van der Waals surface area contributed by atoms with Crippen molar-refractivity contribution in [2.45, 2.75) is 38.5 Å². The Labute approximate surface area is 142 Å². The summed E-state index contributed by atoms with van der Waals surface area (Å²) in [7, 11) is -4.47. The fourth-order valence-corrected chi connectivity index (χ4v) is 3.08. The van der Waals surface area contributed by atoms with Crippen LogP contribution >= 0.6 is 0 Å². The maximum Gasteiger partial charge on any atom is 1.00 e. The van der Waals surface area contributed by atoms with Gasteiger partial charge in [0.05, 0.1) is 4.90 Å². The molecule has 0 aromatic carbocycles. The number of hydrogen-bond acceptors (Lipinski definition) is 3. The first-order valence-electron chi connectivity index (χ1n) is 6.21. The molecule has 2 rings (SSSR count).